The Labute approximate surface area is 176 Å². The summed E-state index contributed by atoms with van der Waals surface area (Å²) in [4.78, 5) is 28.0. The number of nitrogens with one attached hydrogen (secondary N) is 2. The number of pyridine rings is 1. The maximum absolute atomic E-state index is 13.8. The highest BCUT2D eigenvalue weighted by Gasteiger charge is 2.20. The Morgan fingerprint density at radius 3 is 2.42 bits per heavy atom. The Morgan fingerprint density at radius 2 is 1.74 bits per heavy atom. The molecule has 2 aromatic heterocycles. The minimum atomic E-state index is -0.672. The van der Waals surface area contributed by atoms with Crippen molar-refractivity contribution in [2.75, 3.05) is 0 Å². The molecule has 0 fully saturated rings. The SMILES string of the molecule is O=C(NC(Cc1cccc(F)c1)c1cccc(F)c1)c1ccc(-c2ccco2)[nH]c1=O. The first-order chi connectivity index (χ1) is 15.0. The Bertz CT molecular complexity index is 1270. The molecule has 1 atom stereocenters. The van der Waals surface area contributed by atoms with Crippen LogP contribution >= 0.6 is 0 Å². The van der Waals surface area contributed by atoms with Crippen molar-refractivity contribution in [1.29, 1.82) is 0 Å². The first-order valence-corrected chi connectivity index (χ1v) is 9.57. The molecule has 0 aliphatic carbocycles. The molecule has 2 N–H and O–H groups in total. The van der Waals surface area contributed by atoms with Gasteiger partial charge in [0.2, 0.25) is 0 Å². The molecule has 4 aromatic rings. The second-order valence-electron chi connectivity index (χ2n) is 7.01. The molecular formula is C24H18F2N2O3. The first kappa shape index (κ1) is 20.3. The molecule has 0 saturated carbocycles. The lowest BCUT2D eigenvalue weighted by Gasteiger charge is -2.20. The minimum Gasteiger partial charge on any atom is -0.463 e. The van der Waals surface area contributed by atoms with E-state index in [9.17, 15) is 18.4 Å². The number of hydrogen-bond donors (Lipinski definition) is 2. The van der Waals surface area contributed by atoms with E-state index < -0.39 is 29.1 Å². The van der Waals surface area contributed by atoms with Crippen molar-refractivity contribution in [2.24, 2.45) is 0 Å². The van der Waals surface area contributed by atoms with Gasteiger partial charge in [-0.15, -0.1) is 0 Å². The number of rotatable bonds is 6. The highest BCUT2D eigenvalue weighted by Crippen LogP contribution is 2.21. The summed E-state index contributed by atoms with van der Waals surface area (Å²) in [5.74, 6) is -1.03. The summed E-state index contributed by atoms with van der Waals surface area (Å²) < 4.78 is 32.7. The number of furan rings is 1. The van der Waals surface area contributed by atoms with Crippen LogP contribution in [0.2, 0.25) is 0 Å². The zero-order valence-corrected chi connectivity index (χ0v) is 16.3. The smallest absolute Gasteiger partial charge is 0.261 e. The van der Waals surface area contributed by atoms with Crippen molar-refractivity contribution in [3.8, 4) is 11.5 Å². The van der Waals surface area contributed by atoms with Crippen LogP contribution in [0.25, 0.3) is 11.5 Å². The fourth-order valence-corrected chi connectivity index (χ4v) is 3.34. The molecular weight excluding hydrogens is 402 g/mol. The molecule has 4 rings (SSSR count). The quantitative estimate of drug-likeness (QED) is 0.478. The zero-order valence-electron chi connectivity index (χ0n) is 16.3. The van der Waals surface area contributed by atoms with Gasteiger partial charge >= 0.3 is 0 Å². The second kappa shape index (κ2) is 8.79. The van der Waals surface area contributed by atoms with Crippen LogP contribution in [0.15, 0.2) is 88.3 Å². The van der Waals surface area contributed by atoms with E-state index in [0.29, 0.717) is 22.6 Å². The number of aromatic nitrogens is 1. The molecule has 2 aromatic carbocycles. The molecule has 0 saturated heterocycles. The molecule has 0 aliphatic rings. The Hall–Kier alpha value is -4.00. The topological polar surface area (TPSA) is 75.1 Å². The van der Waals surface area contributed by atoms with Gasteiger partial charge in [-0.25, -0.2) is 8.78 Å². The van der Waals surface area contributed by atoms with Gasteiger partial charge in [-0.3, -0.25) is 9.59 Å². The standard InChI is InChI=1S/C24H18F2N2O3/c25-17-6-1-4-15(12-17)13-21(16-5-2-7-18(26)14-16)28-24(30)19-9-10-20(27-23(19)29)22-8-3-11-31-22/h1-12,14,21H,13H2,(H,27,29)(H,28,30). The van der Waals surface area contributed by atoms with Gasteiger partial charge in [0.15, 0.2) is 0 Å². The lowest BCUT2D eigenvalue weighted by molar-refractivity contribution is 0.0935. The highest BCUT2D eigenvalue weighted by molar-refractivity contribution is 5.94. The van der Waals surface area contributed by atoms with E-state index in [1.165, 1.54) is 42.7 Å². The number of amides is 1. The second-order valence-corrected chi connectivity index (χ2v) is 7.01. The van der Waals surface area contributed by atoms with Gasteiger partial charge in [-0.1, -0.05) is 24.3 Å². The molecule has 1 unspecified atom stereocenters. The third-order valence-electron chi connectivity index (χ3n) is 4.83. The predicted molar refractivity (Wildman–Crippen MR) is 111 cm³/mol. The van der Waals surface area contributed by atoms with Crippen LogP contribution in [0, 0.1) is 11.6 Å². The van der Waals surface area contributed by atoms with E-state index in [2.05, 4.69) is 10.3 Å². The Kier molecular flexibility index (Phi) is 5.75. The molecule has 156 valence electrons. The molecule has 0 bridgehead atoms. The number of hydrogen-bond acceptors (Lipinski definition) is 3. The maximum atomic E-state index is 13.8. The van der Waals surface area contributed by atoms with Crippen LogP contribution in [-0.4, -0.2) is 10.9 Å². The molecule has 0 radical (unpaired) electrons. The van der Waals surface area contributed by atoms with Gasteiger partial charge in [0.1, 0.15) is 23.0 Å². The highest BCUT2D eigenvalue weighted by atomic mass is 19.1. The summed E-state index contributed by atoms with van der Waals surface area (Å²) in [6.45, 7) is 0. The van der Waals surface area contributed by atoms with E-state index in [1.54, 1.807) is 36.4 Å². The average molecular weight is 420 g/mol. The zero-order chi connectivity index (χ0) is 21.8. The maximum Gasteiger partial charge on any atom is 0.261 e. The van der Waals surface area contributed by atoms with Crippen LogP contribution in [0.4, 0.5) is 8.78 Å². The first-order valence-electron chi connectivity index (χ1n) is 9.57. The van der Waals surface area contributed by atoms with Crippen molar-refractivity contribution >= 4 is 5.91 Å². The Balaban J connectivity index is 1.61. The predicted octanol–water partition coefficient (Wildman–Crippen LogP) is 4.63. The van der Waals surface area contributed by atoms with Crippen LogP contribution < -0.4 is 10.9 Å². The van der Waals surface area contributed by atoms with Gasteiger partial charge in [0.05, 0.1) is 18.0 Å². The van der Waals surface area contributed by atoms with Gasteiger partial charge < -0.3 is 14.7 Å². The fraction of sp³-hybridized carbons (Fsp3) is 0.0833. The fourth-order valence-electron chi connectivity index (χ4n) is 3.34. The summed E-state index contributed by atoms with van der Waals surface area (Å²) >= 11 is 0. The number of benzene rings is 2. The van der Waals surface area contributed by atoms with Crippen LogP contribution in [0.1, 0.15) is 27.5 Å². The van der Waals surface area contributed by atoms with E-state index in [4.69, 9.17) is 4.42 Å². The number of carbonyl (C=O) groups is 1. The lowest BCUT2D eigenvalue weighted by Crippen LogP contribution is -2.34. The lowest BCUT2D eigenvalue weighted by atomic mass is 9.98. The molecule has 0 aliphatic heterocycles. The van der Waals surface area contributed by atoms with E-state index in [1.807, 2.05) is 0 Å². The largest absolute Gasteiger partial charge is 0.463 e. The van der Waals surface area contributed by atoms with Crippen LogP contribution in [-0.2, 0) is 6.42 Å². The number of halogens is 2. The third-order valence-corrected chi connectivity index (χ3v) is 4.83. The number of H-pyrrole nitrogens is 1. The summed E-state index contributed by atoms with van der Waals surface area (Å²) in [6, 6.07) is 17.4. The van der Waals surface area contributed by atoms with Crippen LogP contribution in [0.3, 0.4) is 0 Å². The van der Waals surface area contributed by atoms with E-state index in [0.717, 1.165) is 0 Å². The van der Waals surface area contributed by atoms with Crippen molar-refractivity contribution in [3.05, 3.63) is 118 Å². The van der Waals surface area contributed by atoms with Crippen molar-refractivity contribution in [1.82, 2.24) is 10.3 Å². The van der Waals surface area contributed by atoms with Crippen LogP contribution in [0.5, 0.6) is 0 Å². The molecule has 7 heteroatoms. The minimum absolute atomic E-state index is 0.101. The summed E-state index contributed by atoms with van der Waals surface area (Å²) in [5, 5.41) is 2.77. The van der Waals surface area contributed by atoms with E-state index >= 15 is 0 Å². The molecule has 2 heterocycles. The molecule has 31 heavy (non-hydrogen) atoms. The molecule has 1 amide bonds. The van der Waals surface area contributed by atoms with Gasteiger partial charge in [-0.2, -0.15) is 0 Å². The summed E-state index contributed by atoms with van der Waals surface area (Å²) in [5.41, 5.74) is 0.872. The van der Waals surface area contributed by atoms with Crippen molar-refractivity contribution in [3.63, 3.8) is 0 Å². The summed E-state index contributed by atoms with van der Waals surface area (Å²) in [7, 11) is 0. The number of aromatic amines is 1. The van der Waals surface area contributed by atoms with Crippen molar-refractivity contribution in [2.45, 2.75) is 12.5 Å². The van der Waals surface area contributed by atoms with E-state index in [-0.39, 0.29) is 12.0 Å². The molecule has 0 spiro atoms. The summed E-state index contributed by atoms with van der Waals surface area (Å²) in [6.07, 6.45) is 1.69. The third kappa shape index (κ3) is 4.78. The van der Waals surface area contributed by atoms with Crippen molar-refractivity contribution < 1.29 is 18.0 Å². The monoisotopic (exact) mass is 420 g/mol. The average Bonchev–Trinajstić information content (AvgIpc) is 3.28. The van der Waals surface area contributed by atoms with Gasteiger partial charge in [-0.05, 0) is 66.1 Å². The van der Waals surface area contributed by atoms with Gasteiger partial charge in [0, 0.05) is 0 Å². The molecule has 5 nitrogen and oxygen atoms in total. The number of carbonyl (C=O) groups excluding carboxylic acids is 1. The Morgan fingerprint density at radius 1 is 0.968 bits per heavy atom. The normalized spacial score (nSPS) is 11.8. The van der Waals surface area contributed by atoms with Gasteiger partial charge in [0.25, 0.3) is 11.5 Å².